The summed E-state index contributed by atoms with van der Waals surface area (Å²) in [7, 11) is 0. The molecule has 3 aromatic carbocycles. The number of hydrogen-bond acceptors (Lipinski definition) is 5. The number of benzene rings is 3. The monoisotopic (exact) mass is 464 g/mol. The minimum absolute atomic E-state index is 0.122. The molecule has 0 radical (unpaired) electrons. The summed E-state index contributed by atoms with van der Waals surface area (Å²) in [4.78, 5) is 0. The van der Waals surface area contributed by atoms with Crippen LogP contribution in [0, 0.1) is 0 Å². The third-order valence-corrected chi connectivity index (χ3v) is 6.66. The van der Waals surface area contributed by atoms with Crippen LogP contribution in [0.3, 0.4) is 0 Å². The van der Waals surface area contributed by atoms with Gasteiger partial charge in [0.25, 0.3) is 0 Å². The average molecular weight is 465 g/mol. The summed E-state index contributed by atoms with van der Waals surface area (Å²) >= 11 is 1.65. The highest BCUT2D eigenvalue weighted by molar-refractivity contribution is 7.99. The van der Waals surface area contributed by atoms with Gasteiger partial charge in [0, 0.05) is 0 Å². The van der Waals surface area contributed by atoms with E-state index in [1.165, 1.54) is 0 Å². The second-order valence-electron chi connectivity index (χ2n) is 8.23. The third-order valence-electron chi connectivity index (χ3n) is 5.82. The molecule has 0 spiro atoms. The Kier molecular flexibility index (Phi) is 8.98. The van der Waals surface area contributed by atoms with Crippen LogP contribution in [0.2, 0.25) is 0 Å². The van der Waals surface area contributed by atoms with Gasteiger partial charge in [0.15, 0.2) is 0 Å². The number of ether oxygens (including phenoxy) is 4. The first kappa shape index (κ1) is 24.0. The van der Waals surface area contributed by atoms with Crippen molar-refractivity contribution in [3.8, 4) is 0 Å². The fourth-order valence-corrected chi connectivity index (χ4v) is 4.85. The van der Waals surface area contributed by atoms with Gasteiger partial charge in [-0.25, -0.2) is 0 Å². The van der Waals surface area contributed by atoms with E-state index in [9.17, 15) is 0 Å². The first-order valence-electron chi connectivity index (χ1n) is 11.4. The summed E-state index contributed by atoms with van der Waals surface area (Å²) in [6.07, 6.45) is 1.15. The van der Waals surface area contributed by atoms with Crippen LogP contribution in [0.1, 0.15) is 23.6 Å². The fraction of sp³-hybridized carbons (Fsp3) is 0.357. The number of thioether (sulfide) groups is 1. The van der Waals surface area contributed by atoms with Crippen LogP contribution in [0.15, 0.2) is 91.0 Å². The van der Waals surface area contributed by atoms with E-state index in [0.717, 1.165) is 16.7 Å². The SMILES string of the molecule is CSC1O[C@@H](C)[C@@H](OCc2ccccc2)[C@@H](OCc2ccccc2)[C@@H]1OCc1ccccc1. The second kappa shape index (κ2) is 12.4. The van der Waals surface area contributed by atoms with Gasteiger partial charge in [-0.05, 0) is 29.9 Å². The van der Waals surface area contributed by atoms with E-state index in [-0.39, 0.29) is 29.9 Å². The standard InChI is InChI=1S/C28H32O4S/c1-21-25(29-18-22-12-6-3-7-13-22)26(30-19-23-14-8-4-9-15-23)27(28(32-21)33-2)31-20-24-16-10-5-11-17-24/h3-17,21,25-28H,18-20H2,1-2H3/t21-,25+,26+,27-,28?/m0/s1. The molecule has 0 aromatic heterocycles. The first-order valence-corrected chi connectivity index (χ1v) is 12.7. The largest absolute Gasteiger partial charge is 0.368 e. The lowest BCUT2D eigenvalue weighted by Crippen LogP contribution is -2.58. The van der Waals surface area contributed by atoms with Crippen LogP contribution in [-0.4, -0.2) is 36.1 Å². The van der Waals surface area contributed by atoms with Crippen molar-refractivity contribution in [2.45, 2.75) is 56.6 Å². The van der Waals surface area contributed by atoms with Gasteiger partial charge in [0.1, 0.15) is 23.7 Å². The number of rotatable bonds is 10. The van der Waals surface area contributed by atoms with Gasteiger partial charge < -0.3 is 18.9 Å². The molecule has 174 valence electrons. The summed E-state index contributed by atoms with van der Waals surface area (Å²) in [5.41, 5.74) is 3.24. The van der Waals surface area contributed by atoms with E-state index >= 15 is 0 Å². The van der Waals surface area contributed by atoms with Gasteiger partial charge in [-0.3, -0.25) is 0 Å². The van der Waals surface area contributed by atoms with Gasteiger partial charge in [-0.2, -0.15) is 0 Å². The molecule has 3 aromatic rings. The lowest BCUT2D eigenvalue weighted by Gasteiger charge is -2.45. The molecule has 33 heavy (non-hydrogen) atoms. The molecule has 1 heterocycles. The van der Waals surface area contributed by atoms with Crippen LogP contribution in [0.4, 0.5) is 0 Å². The van der Waals surface area contributed by atoms with Crippen molar-refractivity contribution in [1.29, 1.82) is 0 Å². The zero-order chi connectivity index (χ0) is 22.9. The summed E-state index contributed by atoms with van der Waals surface area (Å²) in [6.45, 7) is 3.55. The molecule has 5 atom stereocenters. The van der Waals surface area contributed by atoms with Crippen LogP contribution in [0.5, 0.6) is 0 Å². The van der Waals surface area contributed by atoms with E-state index in [0.29, 0.717) is 19.8 Å². The Bertz CT molecular complexity index is 938. The molecule has 0 amide bonds. The second-order valence-corrected chi connectivity index (χ2v) is 9.16. The van der Waals surface area contributed by atoms with Gasteiger partial charge in [-0.1, -0.05) is 91.0 Å². The van der Waals surface area contributed by atoms with E-state index in [1.54, 1.807) is 11.8 Å². The van der Waals surface area contributed by atoms with Crippen molar-refractivity contribution in [2.24, 2.45) is 0 Å². The Hall–Kier alpha value is -2.15. The molecule has 0 N–H and O–H groups in total. The Morgan fingerprint density at radius 2 is 1.00 bits per heavy atom. The van der Waals surface area contributed by atoms with E-state index in [2.05, 4.69) is 49.6 Å². The first-order chi connectivity index (χ1) is 16.2. The van der Waals surface area contributed by atoms with Crippen molar-refractivity contribution in [2.75, 3.05) is 6.26 Å². The highest BCUT2D eigenvalue weighted by Crippen LogP contribution is 2.34. The molecule has 0 saturated carbocycles. The minimum Gasteiger partial charge on any atom is -0.368 e. The maximum atomic E-state index is 6.53. The molecule has 5 heteroatoms. The predicted molar refractivity (Wildman–Crippen MR) is 133 cm³/mol. The zero-order valence-corrected chi connectivity index (χ0v) is 20.0. The Morgan fingerprint density at radius 3 is 1.42 bits per heavy atom. The summed E-state index contributed by atoms with van der Waals surface area (Å²) in [6, 6.07) is 30.7. The minimum atomic E-state index is -0.265. The maximum absolute atomic E-state index is 6.53. The molecular formula is C28H32O4S. The molecule has 0 aliphatic carbocycles. The van der Waals surface area contributed by atoms with Crippen LogP contribution in [-0.2, 0) is 38.8 Å². The zero-order valence-electron chi connectivity index (χ0n) is 19.2. The highest BCUT2D eigenvalue weighted by atomic mass is 32.2. The summed E-state index contributed by atoms with van der Waals surface area (Å²) in [5, 5.41) is 0. The maximum Gasteiger partial charge on any atom is 0.132 e. The van der Waals surface area contributed by atoms with Crippen LogP contribution >= 0.6 is 11.8 Å². The Labute approximate surface area is 201 Å². The topological polar surface area (TPSA) is 36.9 Å². The summed E-state index contributed by atoms with van der Waals surface area (Å²) < 4.78 is 25.8. The average Bonchev–Trinajstić information content (AvgIpc) is 2.87. The van der Waals surface area contributed by atoms with Gasteiger partial charge in [0.05, 0.1) is 25.9 Å². The number of hydrogen-bond donors (Lipinski definition) is 0. The van der Waals surface area contributed by atoms with Gasteiger partial charge in [0.2, 0.25) is 0 Å². The van der Waals surface area contributed by atoms with Crippen LogP contribution < -0.4 is 0 Å². The van der Waals surface area contributed by atoms with Gasteiger partial charge >= 0.3 is 0 Å². The van der Waals surface area contributed by atoms with Crippen molar-refractivity contribution in [3.63, 3.8) is 0 Å². The van der Waals surface area contributed by atoms with Gasteiger partial charge in [-0.15, -0.1) is 11.8 Å². The van der Waals surface area contributed by atoms with E-state index in [4.69, 9.17) is 18.9 Å². The lowest BCUT2D eigenvalue weighted by molar-refractivity contribution is -0.242. The molecular weight excluding hydrogens is 432 g/mol. The third kappa shape index (κ3) is 6.69. The Morgan fingerprint density at radius 1 is 0.606 bits per heavy atom. The molecule has 4 nitrogen and oxygen atoms in total. The highest BCUT2D eigenvalue weighted by Gasteiger charge is 2.46. The van der Waals surface area contributed by atoms with Crippen molar-refractivity contribution >= 4 is 11.8 Å². The lowest BCUT2D eigenvalue weighted by atomic mass is 9.99. The molecule has 1 aliphatic rings. The molecule has 1 aliphatic heterocycles. The summed E-state index contributed by atoms with van der Waals surface area (Å²) in [5.74, 6) is 0. The van der Waals surface area contributed by atoms with E-state index in [1.807, 2.05) is 54.6 Å². The molecule has 1 saturated heterocycles. The normalized spacial score (nSPS) is 25.1. The quantitative estimate of drug-likeness (QED) is 0.376. The van der Waals surface area contributed by atoms with Crippen molar-refractivity contribution in [3.05, 3.63) is 108 Å². The fourth-order valence-electron chi connectivity index (χ4n) is 4.06. The van der Waals surface area contributed by atoms with E-state index < -0.39 is 0 Å². The molecule has 1 fully saturated rings. The van der Waals surface area contributed by atoms with Crippen molar-refractivity contribution in [1.82, 2.24) is 0 Å². The predicted octanol–water partition coefficient (Wildman–Crippen LogP) is 5.85. The van der Waals surface area contributed by atoms with Crippen LogP contribution in [0.25, 0.3) is 0 Å². The molecule has 1 unspecified atom stereocenters. The molecule has 4 rings (SSSR count). The molecule has 0 bridgehead atoms. The Balaban J connectivity index is 1.53. The smallest absolute Gasteiger partial charge is 0.132 e. The van der Waals surface area contributed by atoms with Crippen molar-refractivity contribution < 1.29 is 18.9 Å².